The number of aryl methyl sites for hydroxylation is 1. The monoisotopic (exact) mass is 549 g/mol. The van der Waals surface area contributed by atoms with Crippen LogP contribution in [0.3, 0.4) is 0 Å². The molecule has 0 amide bonds. The lowest BCUT2D eigenvalue weighted by Crippen LogP contribution is -2.47. The molecule has 0 aromatic heterocycles. The Hall–Kier alpha value is -3.95. The largest absolute Gasteiger partial charge is 0.497 e. The van der Waals surface area contributed by atoms with Crippen LogP contribution in [0, 0.1) is 12.3 Å². The first-order valence-corrected chi connectivity index (χ1v) is 13.7. The molecule has 0 bridgehead atoms. The number of methoxy groups -OCH3 is 3. The molecule has 0 aliphatic carbocycles. The third-order valence-electron chi connectivity index (χ3n) is 7.22. The lowest BCUT2D eigenvalue weighted by atomic mass is 9.75. The van der Waals surface area contributed by atoms with Crippen molar-refractivity contribution < 1.29 is 32.2 Å². The van der Waals surface area contributed by atoms with E-state index in [-0.39, 0.29) is 11.3 Å². The second-order valence-corrected chi connectivity index (χ2v) is 11.2. The van der Waals surface area contributed by atoms with Gasteiger partial charge in [-0.2, -0.15) is 4.31 Å². The molecule has 0 saturated carbocycles. The van der Waals surface area contributed by atoms with Crippen molar-refractivity contribution in [3.8, 4) is 5.75 Å². The van der Waals surface area contributed by atoms with Crippen molar-refractivity contribution in [2.75, 3.05) is 21.3 Å². The fourth-order valence-electron chi connectivity index (χ4n) is 5.22. The van der Waals surface area contributed by atoms with Gasteiger partial charge in [0, 0.05) is 0 Å². The maximum absolute atomic E-state index is 14.5. The molecule has 9 heteroatoms. The number of rotatable bonds is 8. The van der Waals surface area contributed by atoms with Gasteiger partial charge in [0.15, 0.2) is 5.41 Å². The normalized spacial score (nSPS) is 18.8. The van der Waals surface area contributed by atoms with Crippen LogP contribution >= 0.6 is 0 Å². The van der Waals surface area contributed by atoms with E-state index in [0.29, 0.717) is 22.4 Å². The Bertz CT molecular complexity index is 1450. The second-order valence-electron chi connectivity index (χ2n) is 9.39. The highest BCUT2D eigenvalue weighted by atomic mass is 32.2. The van der Waals surface area contributed by atoms with E-state index in [1.165, 1.54) is 23.5 Å². The molecule has 0 unspecified atom stereocenters. The Morgan fingerprint density at radius 3 is 1.95 bits per heavy atom. The molecule has 39 heavy (non-hydrogen) atoms. The van der Waals surface area contributed by atoms with E-state index in [2.05, 4.69) is 6.58 Å². The Morgan fingerprint density at radius 1 is 0.872 bits per heavy atom. The number of carbonyl (C=O) groups excluding carboxylic acids is 2. The molecule has 0 N–H and O–H groups in total. The molecule has 1 aliphatic rings. The zero-order valence-electron chi connectivity index (χ0n) is 22.3. The summed E-state index contributed by atoms with van der Waals surface area (Å²) in [6, 6.07) is 19.7. The summed E-state index contributed by atoms with van der Waals surface area (Å²) in [6.45, 7) is 6.09. The maximum Gasteiger partial charge on any atom is 0.325 e. The molecule has 2 atom stereocenters. The van der Waals surface area contributed by atoms with Gasteiger partial charge in [0.25, 0.3) is 0 Å². The molecular weight excluding hydrogens is 518 g/mol. The maximum atomic E-state index is 14.5. The number of ether oxygens (including phenoxy) is 3. The van der Waals surface area contributed by atoms with Crippen molar-refractivity contribution in [1.82, 2.24) is 4.31 Å². The molecule has 3 aromatic rings. The lowest BCUT2D eigenvalue weighted by Gasteiger charge is -2.34. The smallest absolute Gasteiger partial charge is 0.325 e. The molecule has 0 radical (unpaired) electrons. The molecule has 0 spiro atoms. The summed E-state index contributed by atoms with van der Waals surface area (Å²) >= 11 is 0. The number of hydrogen-bond acceptors (Lipinski definition) is 7. The molecule has 3 aromatic carbocycles. The fraction of sp³-hybridized carbons (Fsp3) is 0.267. The third kappa shape index (κ3) is 4.84. The summed E-state index contributed by atoms with van der Waals surface area (Å²) in [5, 5.41) is 0. The topological polar surface area (TPSA) is 99.2 Å². The molecule has 1 aliphatic heterocycles. The van der Waals surface area contributed by atoms with E-state index in [9.17, 15) is 18.0 Å². The molecule has 1 heterocycles. The van der Waals surface area contributed by atoms with Crippen molar-refractivity contribution in [3.63, 3.8) is 0 Å². The van der Waals surface area contributed by atoms with Gasteiger partial charge in [-0.3, -0.25) is 9.59 Å². The average Bonchev–Trinajstić information content (AvgIpc) is 3.34. The van der Waals surface area contributed by atoms with Gasteiger partial charge in [-0.1, -0.05) is 66.7 Å². The third-order valence-corrected chi connectivity index (χ3v) is 9.11. The van der Waals surface area contributed by atoms with E-state index in [1.54, 1.807) is 48.5 Å². The van der Waals surface area contributed by atoms with Gasteiger partial charge in [-0.15, -0.1) is 0 Å². The standard InChI is InChI=1S/C30H31NO7S/c1-20-11-17-25(18-12-20)39(34,35)31-26(21(2)22-9-7-6-8-10-22)19-30(28(32)37-4,29(33)38-5)27(31)23-13-15-24(36-3)16-14-23/h6-18,26-27H,2,19H2,1,3-5H3/t26-,27-/m1/s1. The van der Waals surface area contributed by atoms with Crippen LogP contribution in [0.4, 0.5) is 0 Å². The van der Waals surface area contributed by atoms with Gasteiger partial charge in [-0.25, -0.2) is 8.42 Å². The van der Waals surface area contributed by atoms with Crippen LogP contribution in [0.1, 0.15) is 29.2 Å². The zero-order chi connectivity index (χ0) is 28.4. The van der Waals surface area contributed by atoms with Gasteiger partial charge in [0.05, 0.1) is 38.3 Å². The minimum atomic E-state index is -4.30. The van der Waals surface area contributed by atoms with Crippen molar-refractivity contribution in [3.05, 3.63) is 102 Å². The average molecular weight is 550 g/mol. The number of nitrogens with zero attached hydrogens (tertiary/aromatic N) is 1. The zero-order valence-corrected chi connectivity index (χ0v) is 23.1. The van der Waals surface area contributed by atoms with Crippen LogP contribution in [0.25, 0.3) is 5.57 Å². The van der Waals surface area contributed by atoms with Gasteiger partial charge >= 0.3 is 11.9 Å². The summed E-state index contributed by atoms with van der Waals surface area (Å²) in [6.07, 6.45) is -0.234. The number of carbonyl (C=O) groups is 2. The molecule has 204 valence electrons. The van der Waals surface area contributed by atoms with Crippen LogP contribution < -0.4 is 4.74 Å². The van der Waals surface area contributed by atoms with E-state index >= 15 is 0 Å². The Balaban J connectivity index is 2.05. The van der Waals surface area contributed by atoms with Crippen LogP contribution in [0.15, 0.2) is 90.3 Å². The van der Waals surface area contributed by atoms with Crippen molar-refractivity contribution in [2.45, 2.75) is 30.3 Å². The summed E-state index contributed by atoms with van der Waals surface area (Å²) in [5.74, 6) is -1.28. The van der Waals surface area contributed by atoms with Gasteiger partial charge in [0.2, 0.25) is 10.0 Å². The fourth-order valence-corrected chi connectivity index (χ4v) is 7.06. The molecular formula is C30H31NO7S. The van der Waals surface area contributed by atoms with Crippen LogP contribution in [-0.2, 0) is 29.1 Å². The second kappa shape index (κ2) is 11.0. The van der Waals surface area contributed by atoms with E-state index in [0.717, 1.165) is 19.8 Å². The Morgan fingerprint density at radius 2 is 1.44 bits per heavy atom. The summed E-state index contributed by atoms with van der Waals surface area (Å²) in [5.41, 5.74) is 0.361. The first kappa shape index (κ1) is 28.1. The highest BCUT2D eigenvalue weighted by Gasteiger charge is 2.67. The summed E-state index contributed by atoms with van der Waals surface area (Å²) < 4.78 is 45.7. The van der Waals surface area contributed by atoms with Crippen molar-refractivity contribution in [1.29, 1.82) is 0 Å². The first-order valence-electron chi connectivity index (χ1n) is 12.3. The number of sulfonamides is 1. The minimum Gasteiger partial charge on any atom is -0.497 e. The van der Waals surface area contributed by atoms with E-state index in [4.69, 9.17) is 14.2 Å². The SMILES string of the molecule is C=C(c1ccccc1)[C@H]1CC(C(=O)OC)(C(=O)OC)[C@@H](c2ccc(OC)cc2)N1S(=O)(=O)c1ccc(C)cc1. The van der Waals surface area contributed by atoms with E-state index < -0.39 is 39.5 Å². The van der Waals surface area contributed by atoms with Crippen LogP contribution in [0.5, 0.6) is 5.75 Å². The van der Waals surface area contributed by atoms with Gasteiger partial charge in [0.1, 0.15) is 5.75 Å². The van der Waals surface area contributed by atoms with Crippen molar-refractivity contribution >= 4 is 27.5 Å². The number of benzene rings is 3. The number of hydrogen-bond donors (Lipinski definition) is 0. The predicted molar refractivity (Wildman–Crippen MR) is 146 cm³/mol. The van der Waals surface area contributed by atoms with Gasteiger partial charge < -0.3 is 14.2 Å². The first-order chi connectivity index (χ1) is 18.6. The molecule has 8 nitrogen and oxygen atoms in total. The summed E-state index contributed by atoms with van der Waals surface area (Å²) in [7, 11) is -0.468. The highest BCUT2D eigenvalue weighted by Crippen LogP contribution is 2.56. The quantitative estimate of drug-likeness (QED) is 0.300. The molecule has 1 saturated heterocycles. The van der Waals surface area contributed by atoms with Gasteiger partial charge in [-0.05, 0) is 54.3 Å². The summed E-state index contributed by atoms with van der Waals surface area (Å²) in [4.78, 5) is 27.2. The van der Waals surface area contributed by atoms with Crippen LogP contribution in [0.2, 0.25) is 0 Å². The van der Waals surface area contributed by atoms with E-state index in [1.807, 2.05) is 25.1 Å². The van der Waals surface area contributed by atoms with Crippen molar-refractivity contribution in [2.24, 2.45) is 5.41 Å². The molecule has 4 rings (SSSR count). The number of esters is 2. The molecule has 1 fully saturated rings. The minimum absolute atomic E-state index is 0.0167. The Labute approximate surface area is 228 Å². The lowest BCUT2D eigenvalue weighted by molar-refractivity contribution is -0.170. The highest BCUT2D eigenvalue weighted by molar-refractivity contribution is 7.89. The Kier molecular flexibility index (Phi) is 7.94. The van der Waals surface area contributed by atoms with Crippen LogP contribution in [-0.4, -0.2) is 52.0 Å². The predicted octanol–water partition coefficient (Wildman–Crippen LogP) is 4.55.